The fourth-order valence-electron chi connectivity index (χ4n) is 2.35. The Bertz CT molecular complexity index is 406. The second kappa shape index (κ2) is 6.68. The van der Waals surface area contributed by atoms with Gasteiger partial charge in [-0.3, -0.25) is 0 Å². The first-order chi connectivity index (χ1) is 9.22. The topological polar surface area (TPSA) is 73.5 Å². The summed E-state index contributed by atoms with van der Waals surface area (Å²) in [6, 6.07) is 1.82. The summed E-state index contributed by atoms with van der Waals surface area (Å²) in [4.78, 5) is 10.9. The van der Waals surface area contributed by atoms with E-state index < -0.39 is 0 Å². The summed E-state index contributed by atoms with van der Waals surface area (Å²) in [7, 11) is 1.62. The van der Waals surface area contributed by atoms with E-state index in [9.17, 15) is 0 Å². The van der Waals surface area contributed by atoms with Gasteiger partial charge in [-0.2, -0.15) is 0 Å². The van der Waals surface area contributed by atoms with Crippen molar-refractivity contribution in [2.45, 2.75) is 32.5 Å². The van der Waals surface area contributed by atoms with Gasteiger partial charge in [-0.25, -0.2) is 9.97 Å². The first kappa shape index (κ1) is 14.0. The van der Waals surface area contributed by atoms with Crippen LogP contribution in [0.5, 0.6) is 0 Å². The Morgan fingerprint density at radius 1 is 1.37 bits per heavy atom. The van der Waals surface area contributed by atoms with Gasteiger partial charge in [0.25, 0.3) is 0 Å². The molecule has 106 valence electrons. The summed E-state index contributed by atoms with van der Waals surface area (Å²) in [5, 5.41) is 0. The predicted octanol–water partition coefficient (Wildman–Crippen LogP) is 1.21. The fraction of sp³-hybridized carbons (Fsp3) is 0.692. The van der Waals surface area contributed by atoms with Crippen molar-refractivity contribution in [3.05, 3.63) is 11.9 Å². The molecule has 2 heterocycles. The van der Waals surface area contributed by atoms with Crippen molar-refractivity contribution in [1.82, 2.24) is 9.97 Å². The summed E-state index contributed by atoms with van der Waals surface area (Å²) in [5.74, 6) is 2.00. The van der Waals surface area contributed by atoms with Crippen molar-refractivity contribution < 1.29 is 9.47 Å². The number of ether oxygens (including phenoxy) is 2. The molecule has 1 aliphatic rings. The molecule has 0 aliphatic carbocycles. The number of nitrogen functional groups attached to an aromatic ring is 1. The zero-order chi connectivity index (χ0) is 13.7. The summed E-state index contributed by atoms with van der Waals surface area (Å²) in [6.45, 7) is 5.08. The zero-order valence-electron chi connectivity index (χ0n) is 11.6. The fourth-order valence-corrected chi connectivity index (χ4v) is 2.35. The van der Waals surface area contributed by atoms with Crippen LogP contribution < -0.4 is 10.6 Å². The number of hydrogen-bond donors (Lipinski definition) is 1. The van der Waals surface area contributed by atoms with Gasteiger partial charge in [0.2, 0.25) is 0 Å². The van der Waals surface area contributed by atoms with Gasteiger partial charge in [0, 0.05) is 32.9 Å². The largest absolute Gasteiger partial charge is 0.384 e. The molecular weight excluding hydrogens is 244 g/mol. The monoisotopic (exact) mass is 266 g/mol. The average molecular weight is 266 g/mol. The zero-order valence-corrected chi connectivity index (χ0v) is 11.6. The Labute approximate surface area is 113 Å². The lowest BCUT2D eigenvalue weighted by atomic mass is 10.1. The van der Waals surface area contributed by atoms with E-state index in [2.05, 4.69) is 14.9 Å². The van der Waals surface area contributed by atoms with Crippen molar-refractivity contribution in [2.24, 2.45) is 0 Å². The molecule has 1 aliphatic heterocycles. The molecule has 6 heteroatoms. The molecule has 1 aromatic rings. The molecule has 2 N–H and O–H groups in total. The molecule has 1 saturated heterocycles. The summed E-state index contributed by atoms with van der Waals surface area (Å²) >= 11 is 0. The van der Waals surface area contributed by atoms with Crippen molar-refractivity contribution in [3.8, 4) is 0 Å². The van der Waals surface area contributed by atoms with Crippen LogP contribution in [0.15, 0.2) is 6.07 Å². The lowest BCUT2D eigenvalue weighted by Gasteiger charge is -2.32. The van der Waals surface area contributed by atoms with E-state index in [-0.39, 0.29) is 0 Å². The Kier molecular flexibility index (Phi) is 4.93. The maximum Gasteiger partial charge on any atom is 0.158 e. The van der Waals surface area contributed by atoms with E-state index in [0.717, 1.165) is 38.4 Å². The van der Waals surface area contributed by atoms with Crippen LogP contribution in [0.4, 0.5) is 11.6 Å². The normalized spacial score (nSPS) is 16.8. The van der Waals surface area contributed by atoms with Gasteiger partial charge in [-0.1, -0.05) is 0 Å². The highest BCUT2D eigenvalue weighted by Crippen LogP contribution is 2.21. The molecule has 6 nitrogen and oxygen atoms in total. The van der Waals surface area contributed by atoms with Crippen molar-refractivity contribution in [2.75, 3.05) is 37.4 Å². The first-order valence-corrected chi connectivity index (χ1v) is 6.71. The molecule has 0 unspecified atom stereocenters. The van der Waals surface area contributed by atoms with Crippen LogP contribution in [0.2, 0.25) is 0 Å². The first-order valence-electron chi connectivity index (χ1n) is 6.71. The number of rotatable bonds is 5. The minimum absolute atomic E-state index is 0.374. The maximum atomic E-state index is 5.81. The molecule has 1 fully saturated rings. The van der Waals surface area contributed by atoms with E-state index in [1.54, 1.807) is 7.11 Å². The van der Waals surface area contributed by atoms with Crippen molar-refractivity contribution in [1.29, 1.82) is 0 Å². The van der Waals surface area contributed by atoms with Crippen LogP contribution in [-0.4, -0.2) is 42.9 Å². The number of hydrogen-bond acceptors (Lipinski definition) is 6. The Morgan fingerprint density at radius 3 is 2.74 bits per heavy atom. The van der Waals surface area contributed by atoms with Crippen LogP contribution in [0.25, 0.3) is 0 Å². The minimum Gasteiger partial charge on any atom is -0.384 e. The third-order valence-electron chi connectivity index (χ3n) is 3.22. The van der Waals surface area contributed by atoms with E-state index in [0.29, 0.717) is 24.4 Å². The van der Waals surface area contributed by atoms with Crippen LogP contribution in [0.1, 0.15) is 25.6 Å². The van der Waals surface area contributed by atoms with Crippen molar-refractivity contribution >= 4 is 11.6 Å². The standard InChI is InChI=1S/C13H22N4O2/c1-3-19-10-4-6-17(7-5-10)13-8-11(14)15-12(16-13)9-18-2/h8,10H,3-7,9H2,1-2H3,(H2,14,15,16). The molecule has 0 spiro atoms. The van der Waals surface area contributed by atoms with E-state index in [1.807, 2.05) is 13.0 Å². The lowest BCUT2D eigenvalue weighted by Crippen LogP contribution is -2.37. The van der Waals surface area contributed by atoms with Crippen LogP contribution >= 0.6 is 0 Å². The van der Waals surface area contributed by atoms with Crippen molar-refractivity contribution in [3.63, 3.8) is 0 Å². The van der Waals surface area contributed by atoms with Gasteiger partial charge < -0.3 is 20.1 Å². The van der Waals surface area contributed by atoms with Crippen LogP contribution in [0, 0.1) is 0 Å². The predicted molar refractivity (Wildman–Crippen MR) is 74.0 cm³/mol. The highest BCUT2D eigenvalue weighted by molar-refractivity contribution is 5.47. The number of nitrogens with zero attached hydrogens (tertiary/aromatic N) is 3. The average Bonchev–Trinajstić information content (AvgIpc) is 2.40. The van der Waals surface area contributed by atoms with E-state index in [1.165, 1.54) is 0 Å². The number of nitrogens with two attached hydrogens (primary N) is 1. The molecule has 0 radical (unpaired) electrons. The second-order valence-corrected chi connectivity index (χ2v) is 4.64. The molecule has 0 aromatic carbocycles. The quantitative estimate of drug-likeness (QED) is 0.863. The molecule has 19 heavy (non-hydrogen) atoms. The summed E-state index contributed by atoms with van der Waals surface area (Å²) in [6.07, 6.45) is 2.42. The maximum absolute atomic E-state index is 5.81. The molecule has 0 amide bonds. The minimum atomic E-state index is 0.374. The number of aromatic nitrogens is 2. The van der Waals surface area contributed by atoms with E-state index in [4.69, 9.17) is 15.2 Å². The third-order valence-corrected chi connectivity index (χ3v) is 3.22. The molecule has 1 aromatic heterocycles. The highest BCUT2D eigenvalue weighted by atomic mass is 16.5. The lowest BCUT2D eigenvalue weighted by molar-refractivity contribution is 0.0458. The Hall–Kier alpha value is -1.40. The number of piperidine rings is 1. The van der Waals surface area contributed by atoms with Gasteiger partial charge in [0.1, 0.15) is 18.2 Å². The summed E-state index contributed by atoms with van der Waals surface area (Å²) < 4.78 is 10.7. The van der Waals surface area contributed by atoms with Crippen LogP contribution in [-0.2, 0) is 16.1 Å². The number of anilines is 2. The van der Waals surface area contributed by atoms with Gasteiger partial charge in [0.05, 0.1) is 6.10 Å². The third kappa shape index (κ3) is 3.78. The van der Waals surface area contributed by atoms with Crippen LogP contribution in [0.3, 0.4) is 0 Å². The smallest absolute Gasteiger partial charge is 0.158 e. The van der Waals surface area contributed by atoms with Gasteiger partial charge in [-0.05, 0) is 19.8 Å². The Morgan fingerprint density at radius 2 is 2.11 bits per heavy atom. The molecule has 0 saturated carbocycles. The van der Waals surface area contributed by atoms with Gasteiger partial charge in [0.15, 0.2) is 5.82 Å². The summed E-state index contributed by atoms with van der Waals surface area (Å²) in [5.41, 5.74) is 5.81. The second-order valence-electron chi connectivity index (χ2n) is 4.64. The highest BCUT2D eigenvalue weighted by Gasteiger charge is 2.20. The molecular formula is C13H22N4O2. The molecule has 0 atom stereocenters. The van der Waals surface area contributed by atoms with Gasteiger partial charge in [-0.15, -0.1) is 0 Å². The van der Waals surface area contributed by atoms with Gasteiger partial charge >= 0.3 is 0 Å². The molecule has 2 rings (SSSR count). The Balaban J connectivity index is 2.02. The number of methoxy groups -OCH3 is 1. The SMILES string of the molecule is CCOC1CCN(c2cc(N)nc(COC)n2)CC1. The molecule has 0 bridgehead atoms. The van der Waals surface area contributed by atoms with E-state index >= 15 is 0 Å².